The minimum atomic E-state index is -3.95. The van der Waals surface area contributed by atoms with Crippen LogP contribution in [0.5, 0.6) is 0 Å². The number of halogens is 1. The number of nitro benzene ring substituents is 1. The molecule has 3 aromatic rings. The van der Waals surface area contributed by atoms with E-state index in [0.29, 0.717) is 5.56 Å². The summed E-state index contributed by atoms with van der Waals surface area (Å²) in [6.45, 7) is 0.145. The summed E-state index contributed by atoms with van der Waals surface area (Å²) in [5.74, 6) is -0.323. The fraction of sp³-hybridized carbons (Fsp3) is 0.0625. The Labute approximate surface area is 148 Å². The number of non-ortho nitro benzene ring substituents is 1. The fourth-order valence-corrected chi connectivity index (χ4v) is 3.25. The Balaban J connectivity index is 1.75. The Kier molecular flexibility index (Phi) is 4.67. The van der Waals surface area contributed by atoms with Crippen LogP contribution < -0.4 is 4.72 Å². The highest BCUT2D eigenvalue weighted by Crippen LogP contribution is 2.18. The van der Waals surface area contributed by atoms with E-state index in [-0.39, 0.29) is 28.8 Å². The first-order chi connectivity index (χ1) is 12.3. The summed E-state index contributed by atoms with van der Waals surface area (Å²) in [4.78, 5) is 9.88. The van der Waals surface area contributed by atoms with Crippen LogP contribution in [0.3, 0.4) is 0 Å². The van der Waals surface area contributed by atoms with Gasteiger partial charge in [-0.05, 0) is 18.2 Å². The first-order valence-electron chi connectivity index (χ1n) is 7.39. The number of hydrogen-bond donors (Lipinski definition) is 1. The van der Waals surface area contributed by atoms with Gasteiger partial charge in [-0.1, -0.05) is 18.2 Å². The van der Waals surface area contributed by atoms with Crippen LogP contribution in [0.4, 0.5) is 15.9 Å². The van der Waals surface area contributed by atoms with Gasteiger partial charge in [-0.25, -0.2) is 12.8 Å². The van der Waals surface area contributed by atoms with E-state index in [9.17, 15) is 22.9 Å². The molecule has 0 bridgehead atoms. The van der Waals surface area contributed by atoms with Gasteiger partial charge in [0.15, 0.2) is 5.82 Å². The van der Waals surface area contributed by atoms with Crippen molar-refractivity contribution in [1.29, 1.82) is 0 Å². The van der Waals surface area contributed by atoms with E-state index in [1.165, 1.54) is 23.0 Å². The molecule has 0 saturated carbocycles. The van der Waals surface area contributed by atoms with Crippen molar-refractivity contribution in [3.63, 3.8) is 0 Å². The second-order valence-electron chi connectivity index (χ2n) is 5.35. The molecular weight excluding hydrogens is 363 g/mol. The zero-order chi connectivity index (χ0) is 18.7. The topological polar surface area (TPSA) is 107 Å². The molecule has 1 N–H and O–H groups in total. The number of nitrogens with zero attached hydrogens (tertiary/aromatic N) is 3. The lowest BCUT2D eigenvalue weighted by molar-refractivity contribution is -0.384. The molecule has 26 heavy (non-hydrogen) atoms. The Bertz CT molecular complexity index is 1050. The van der Waals surface area contributed by atoms with Crippen LogP contribution in [-0.4, -0.2) is 23.1 Å². The molecule has 10 heteroatoms. The normalized spacial score (nSPS) is 11.3. The van der Waals surface area contributed by atoms with Crippen LogP contribution in [-0.2, 0) is 16.6 Å². The number of benzene rings is 2. The summed E-state index contributed by atoms with van der Waals surface area (Å²) >= 11 is 0. The van der Waals surface area contributed by atoms with E-state index < -0.39 is 14.9 Å². The molecule has 0 atom stereocenters. The molecule has 1 heterocycles. The van der Waals surface area contributed by atoms with Gasteiger partial charge < -0.3 is 0 Å². The van der Waals surface area contributed by atoms with E-state index in [2.05, 4.69) is 9.82 Å². The maximum atomic E-state index is 13.7. The van der Waals surface area contributed by atoms with Crippen LogP contribution in [0.1, 0.15) is 5.56 Å². The van der Waals surface area contributed by atoms with Crippen molar-refractivity contribution in [2.45, 2.75) is 11.4 Å². The summed E-state index contributed by atoms with van der Waals surface area (Å²) in [6.07, 6.45) is 1.51. The highest BCUT2D eigenvalue weighted by Gasteiger charge is 2.17. The number of nitrogens with one attached hydrogen (secondary N) is 1. The van der Waals surface area contributed by atoms with Gasteiger partial charge in [0, 0.05) is 30.0 Å². The first kappa shape index (κ1) is 17.5. The standard InChI is InChI=1S/C16H13FN4O4S/c17-15-4-2-1-3-12(15)11-20-10-9-16(18-20)19-26(24,25)14-7-5-13(6-8-14)21(22)23/h1-10H,11H2,(H,18,19). The third-order valence-corrected chi connectivity index (χ3v) is 4.90. The number of nitro groups is 1. The number of hydrogen-bond acceptors (Lipinski definition) is 5. The van der Waals surface area contributed by atoms with Crippen LogP contribution in [0.25, 0.3) is 0 Å². The molecule has 1 aromatic heterocycles. The van der Waals surface area contributed by atoms with Gasteiger partial charge in [-0.3, -0.25) is 19.5 Å². The lowest BCUT2D eigenvalue weighted by Crippen LogP contribution is -2.14. The maximum Gasteiger partial charge on any atom is 0.269 e. The summed E-state index contributed by atoms with van der Waals surface area (Å²) in [5.41, 5.74) is 0.207. The summed E-state index contributed by atoms with van der Waals surface area (Å²) in [6, 6.07) is 12.1. The van der Waals surface area contributed by atoms with E-state index in [0.717, 1.165) is 24.3 Å². The maximum absolute atomic E-state index is 13.7. The molecule has 0 amide bonds. The van der Waals surface area contributed by atoms with E-state index >= 15 is 0 Å². The van der Waals surface area contributed by atoms with Gasteiger partial charge in [0.1, 0.15) is 5.82 Å². The molecule has 3 rings (SSSR count). The van der Waals surface area contributed by atoms with Crippen molar-refractivity contribution in [2.75, 3.05) is 4.72 Å². The summed E-state index contributed by atoms with van der Waals surface area (Å²) in [7, 11) is -3.95. The summed E-state index contributed by atoms with van der Waals surface area (Å²) in [5, 5.41) is 14.7. The average Bonchev–Trinajstić information content (AvgIpc) is 3.03. The second-order valence-corrected chi connectivity index (χ2v) is 7.03. The van der Waals surface area contributed by atoms with Crippen LogP contribution in [0.2, 0.25) is 0 Å². The number of rotatable bonds is 6. The fourth-order valence-electron chi connectivity index (χ4n) is 2.25. The summed E-state index contributed by atoms with van der Waals surface area (Å²) < 4.78 is 42.0. The van der Waals surface area contributed by atoms with Gasteiger partial charge in [0.25, 0.3) is 15.7 Å². The van der Waals surface area contributed by atoms with Crippen molar-refractivity contribution >= 4 is 21.5 Å². The van der Waals surface area contributed by atoms with Crippen molar-refractivity contribution in [3.05, 3.63) is 82.3 Å². The predicted octanol–water partition coefficient (Wildman–Crippen LogP) is 2.78. The molecule has 0 fully saturated rings. The molecular formula is C16H13FN4O4S. The van der Waals surface area contributed by atoms with Gasteiger partial charge in [-0.2, -0.15) is 5.10 Å². The lowest BCUT2D eigenvalue weighted by atomic mass is 10.2. The predicted molar refractivity (Wildman–Crippen MR) is 91.6 cm³/mol. The molecule has 0 aliphatic rings. The van der Waals surface area contributed by atoms with Gasteiger partial charge >= 0.3 is 0 Å². The minimum Gasteiger partial charge on any atom is -0.266 e. The minimum absolute atomic E-state index is 0.0553. The van der Waals surface area contributed by atoms with Crippen molar-refractivity contribution < 1.29 is 17.7 Å². The second kappa shape index (κ2) is 6.92. The van der Waals surface area contributed by atoms with E-state index in [1.54, 1.807) is 18.2 Å². The third kappa shape index (κ3) is 3.86. The smallest absolute Gasteiger partial charge is 0.266 e. The zero-order valence-electron chi connectivity index (χ0n) is 13.2. The quantitative estimate of drug-likeness (QED) is 0.526. The average molecular weight is 376 g/mol. The highest BCUT2D eigenvalue weighted by atomic mass is 32.2. The molecule has 0 aliphatic carbocycles. The third-order valence-electron chi connectivity index (χ3n) is 3.53. The Morgan fingerprint density at radius 3 is 2.46 bits per heavy atom. The zero-order valence-corrected chi connectivity index (χ0v) is 14.1. The molecule has 0 unspecified atom stereocenters. The Morgan fingerprint density at radius 1 is 1.12 bits per heavy atom. The number of anilines is 1. The molecule has 2 aromatic carbocycles. The monoisotopic (exact) mass is 376 g/mol. The molecule has 0 aliphatic heterocycles. The molecule has 134 valence electrons. The van der Waals surface area contributed by atoms with E-state index in [4.69, 9.17) is 0 Å². The van der Waals surface area contributed by atoms with Gasteiger partial charge in [0.05, 0.1) is 16.4 Å². The van der Waals surface area contributed by atoms with Gasteiger partial charge in [-0.15, -0.1) is 0 Å². The number of aromatic nitrogens is 2. The largest absolute Gasteiger partial charge is 0.269 e. The van der Waals surface area contributed by atoms with Crippen LogP contribution in [0.15, 0.2) is 65.7 Å². The molecule has 0 spiro atoms. The van der Waals surface area contributed by atoms with Crippen molar-refractivity contribution in [3.8, 4) is 0 Å². The highest BCUT2D eigenvalue weighted by molar-refractivity contribution is 7.92. The SMILES string of the molecule is O=[N+]([O-])c1ccc(S(=O)(=O)Nc2ccn(Cc3ccccc3F)n2)cc1. The lowest BCUT2D eigenvalue weighted by Gasteiger charge is -2.06. The van der Waals surface area contributed by atoms with E-state index in [1.807, 2.05) is 0 Å². The molecule has 8 nitrogen and oxygen atoms in total. The first-order valence-corrected chi connectivity index (χ1v) is 8.87. The van der Waals surface area contributed by atoms with Crippen LogP contribution >= 0.6 is 0 Å². The molecule has 0 saturated heterocycles. The van der Waals surface area contributed by atoms with Crippen molar-refractivity contribution in [1.82, 2.24) is 9.78 Å². The Morgan fingerprint density at radius 2 is 1.81 bits per heavy atom. The Hall–Kier alpha value is -3.27. The van der Waals surface area contributed by atoms with Crippen LogP contribution in [0, 0.1) is 15.9 Å². The van der Waals surface area contributed by atoms with Gasteiger partial charge in [0.2, 0.25) is 0 Å². The van der Waals surface area contributed by atoms with Crippen molar-refractivity contribution in [2.24, 2.45) is 0 Å². The molecule has 0 radical (unpaired) electrons. The number of sulfonamides is 1.